The second-order valence-electron chi connectivity index (χ2n) is 4.34. The van der Waals surface area contributed by atoms with Gasteiger partial charge in [0.1, 0.15) is 8.07 Å². The van der Waals surface area contributed by atoms with Gasteiger partial charge in [0.15, 0.2) is 0 Å². The zero-order valence-corrected chi connectivity index (χ0v) is 10.1. The number of hydrogen-bond donors (Lipinski definition) is 1. The van der Waals surface area contributed by atoms with Crippen molar-refractivity contribution in [3.05, 3.63) is 11.6 Å². The molecule has 0 aromatic carbocycles. The Morgan fingerprint density at radius 3 is 2.46 bits per heavy atom. The first-order valence-electron chi connectivity index (χ1n) is 4.75. The molecule has 0 unspecified atom stereocenters. The molecule has 2 heteroatoms. The average Bonchev–Trinajstić information content (AvgIpc) is 1.98. The van der Waals surface area contributed by atoms with E-state index in [1.165, 1.54) is 5.57 Å². The van der Waals surface area contributed by atoms with E-state index in [0.717, 1.165) is 12.8 Å². The van der Waals surface area contributed by atoms with Crippen LogP contribution in [0.3, 0.4) is 0 Å². The molecule has 1 N–H and O–H groups in total. The van der Waals surface area contributed by atoms with Crippen molar-refractivity contribution >= 4 is 8.07 Å². The molecule has 0 saturated heterocycles. The fourth-order valence-electron chi connectivity index (χ4n) is 0.806. The maximum absolute atomic E-state index is 8.61. The highest BCUT2D eigenvalue weighted by Crippen LogP contribution is 2.02. The van der Waals surface area contributed by atoms with E-state index in [0.29, 0.717) is 0 Å². The van der Waals surface area contributed by atoms with Crippen molar-refractivity contribution in [2.45, 2.75) is 39.4 Å². The Labute approximate surface area is 82.9 Å². The minimum absolute atomic E-state index is 0.270. The molecule has 0 atom stereocenters. The van der Waals surface area contributed by atoms with Crippen LogP contribution in [0.1, 0.15) is 19.8 Å². The van der Waals surface area contributed by atoms with Gasteiger partial charge in [-0.3, -0.25) is 0 Å². The minimum Gasteiger partial charge on any atom is -0.396 e. The van der Waals surface area contributed by atoms with Gasteiger partial charge in [0.2, 0.25) is 0 Å². The van der Waals surface area contributed by atoms with Crippen LogP contribution in [0.5, 0.6) is 0 Å². The van der Waals surface area contributed by atoms with Gasteiger partial charge in [-0.05, 0) is 25.8 Å². The van der Waals surface area contributed by atoms with Gasteiger partial charge in [-0.15, -0.1) is 5.54 Å². The van der Waals surface area contributed by atoms with Crippen LogP contribution in [0.15, 0.2) is 11.6 Å². The number of aliphatic hydroxyl groups excluding tert-OH is 1. The fourth-order valence-corrected chi connectivity index (χ4v) is 1.31. The molecule has 0 heterocycles. The molecular weight excluding hydrogens is 176 g/mol. The molecular formula is C11H20OSi. The van der Waals surface area contributed by atoms with E-state index < -0.39 is 8.07 Å². The molecule has 0 aromatic rings. The highest BCUT2D eigenvalue weighted by atomic mass is 28.3. The second-order valence-corrected chi connectivity index (χ2v) is 9.09. The summed E-state index contributed by atoms with van der Waals surface area (Å²) in [5.41, 5.74) is 4.54. The first-order chi connectivity index (χ1) is 5.95. The van der Waals surface area contributed by atoms with Crippen molar-refractivity contribution in [1.29, 1.82) is 0 Å². The van der Waals surface area contributed by atoms with Gasteiger partial charge in [0, 0.05) is 6.61 Å². The van der Waals surface area contributed by atoms with Crippen molar-refractivity contribution in [2.75, 3.05) is 6.61 Å². The smallest absolute Gasteiger partial charge is 0.129 e. The Morgan fingerprint density at radius 2 is 2.00 bits per heavy atom. The molecule has 0 aliphatic rings. The summed E-state index contributed by atoms with van der Waals surface area (Å²) in [4.78, 5) is 0. The van der Waals surface area contributed by atoms with E-state index in [2.05, 4.69) is 38.0 Å². The molecule has 0 amide bonds. The van der Waals surface area contributed by atoms with Crippen molar-refractivity contribution in [3.63, 3.8) is 0 Å². The molecule has 74 valence electrons. The summed E-state index contributed by atoms with van der Waals surface area (Å²) >= 11 is 0. The van der Waals surface area contributed by atoms with Crippen LogP contribution in [0.2, 0.25) is 19.6 Å². The zero-order valence-electron chi connectivity index (χ0n) is 9.15. The summed E-state index contributed by atoms with van der Waals surface area (Å²) in [6.07, 6.45) is 3.78. The number of hydrogen-bond acceptors (Lipinski definition) is 1. The van der Waals surface area contributed by atoms with E-state index in [1.54, 1.807) is 0 Å². The lowest BCUT2D eigenvalue weighted by Gasteiger charge is -2.02. The van der Waals surface area contributed by atoms with Crippen molar-refractivity contribution < 1.29 is 5.11 Å². The molecule has 0 aliphatic carbocycles. The number of aliphatic hydroxyl groups is 1. The lowest BCUT2D eigenvalue weighted by molar-refractivity contribution is 0.288. The maximum Gasteiger partial charge on any atom is 0.129 e. The SMILES string of the molecule is C/C(=C\C#C[Si](C)(C)C)CCCO. The normalized spacial score (nSPS) is 12.2. The van der Waals surface area contributed by atoms with E-state index >= 15 is 0 Å². The molecule has 0 fully saturated rings. The van der Waals surface area contributed by atoms with Crippen LogP contribution in [-0.4, -0.2) is 19.8 Å². The van der Waals surface area contributed by atoms with Gasteiger partial charge in [-0.2, -0.15) is 0 Å². The van der Waals surface area contributed by atoms with Gasteiger partial charge >= 0.3 is 0 Å². The summed E-state index contributed by atoms with van der Waals surface area (Å²) < 4.78 is 0. The summed E-state index contributed by atoms with van der Waals surface area (Å²) in [7, 11) is -1.21. The summed E-state index contributed by atoms with van der Waals surface area (Å²) in [6.45, 7) is 9.03. The number of rotatable bonds is 3. The Morgan fingerprint density at radius 1 is 1.38 bits per heavy atom. The van der Waals surface area contributed by atoms with Crippen LogP contribution in [-0.2, 0) is 0 Å². The van der Waals surface area contributed by atoms with Crippen molar-refractivity contribution in [1.82, 2.24) is 0 Å². The van der Waals surface area contributed by atoms with Crippen molar-refractivity contribution in [3.8, 4) is 11.5 Å². The van der Waals surface area contributed by atoms with E-state index in [4.69, 9.17) is 5.11 Å². The highest BCUT2D eigenvalue weighted by molar-refractivity contribution is 6.83. The minimum atomic E-state index is -1.21. The predicted molar refractivity (Wildman–Crippen MR) is 61.2 cm³/mol. The third-order valence-electron chi connectivity index (χ3n) is 1.49. The van der Waals surface area contributed by atoms with Crippen LogP contribution >= 0.6 is 0 Å². The largest absolute Gasteiger partial charge is 0.396 e. The summed E-state index contributed by atoms with van der Waals surface area (Å²) in [5, 5.41) is 8.61. The van der Waals surface area contributed by atoms with Crippen LogP contribution in [0, 0.1) is 11.5 Å². The lowest BCUT2D eigenvalue weighted by atomic mass is 10.1. The predicted octanol–water partition coefficient (Wildman–Crippen LogP) is 2.59. The molecule has 0 rings (SSSR count). The Bertz CT molecular complexity index is 225. The standard InChI is InChI=1S/C11H20OSi/c1-11(7-5-9-12)8-6-10-13(2,3)4/h8,12H,5,7,9H2,1-4H3/b11-8+. The molecule has 13 heavy (non-hydrogen) atoms. The third kappa shape index (κ3) is 9.39. The topological polar surface area (TPSA) is 20.2 Å². The molecule has 0 spiro atoms. The second kappa shape index (κ2) is 6.01. The van der Waals surface area contributed by atoms with Gasteiger partial charge in [0.05, 0.1) is 0 Å². The molecule has 0 aliphatic heterocycles. The quantitative estimate of drug-likeness (QED) is 0.543. The molecule has 0 saturated carbocycles. The first kappa shape index (κ1) is 12.5. The Kier molecular flexibility index (Phi) is 5.77. The summed E-state index contributed by atoms with van der Waals surface area (Å²) in [6, 6.07) is 0. The Balaban J connectivity index is 4.00. The molecule has 0 radical (unpaired) electrons. The van der Waals surface area contributed by atoms with Gasteiger partial charge in [0.25, 0.3) is 0 Å². The molecule has 0 aromatic heterocycles. The van der Waals surface area contributed by atoms with Crippen LogP contribution in [0.4, 0.5) is 0 Å². The van der Waals surface area contributed by atoms with Gasteiger partial charge in [-0.1, -0.05) is 31.1 Å². The van der Waals surface area contributed by atoms with Crippen molar-refractivity contribution in [2.24, 2.45) is 0 Å². The fraction of sp³-hybridized carbons (Fsp3) is 0.636. The zero-order chi connectivity index (χ0) is 10.3. The van der Waals surface area contributed by atoms with Gasteiger partial charge < -0.3 is 5.11 Å². The molecule has 0 bridgehead atoms. The van der Waals surface area contributed by atoms with Gasteiger partial charge in [-0.25, -0.2) is 0 Å². The third-order valence-corrected chi connectivity index (χ3v) is 2.39. The first-order valence-corrected chi connectivity index (χ1v) is 8.25. The number of allylic oxidation sites excluding steroid dienone is 2. The average molecular weight is 196 g/mol. The van der Waals surface area contributed by atoms with E-state index in [-0.39, 0.29) is 6.61 Å². The monoisotopic (exact) mass is 196 g/mol. The van der Waals surface area contributed by atoms with E-state index in [9.17, 15) is 0 Å². The maximum atomic E-state index is 8.61. The molecule has 1 nitrogen and oxygen atoms in total. The lowest BCUT2D eigenvalue weighted by Crippen LogP contribution is -2.16. The van der Waals surface area contributed by atoms with Crippen LogP contribution in [0.25, 0.3) is 0 Å². The Hall–Kier alpha value is -0.523. The highest BCUT2D eigenvalue weighted by Gasteiger charge is 2.06. The summed E-state index contributed by atoms with van der Waals surface area (Å²) in [5.74, 6) is 3.10. The van der Waals surface area contributed by atoms with Crippen LogP contribution < -0.4 is 0 Å². The van der Waals surface area contributed by atoms with E-state index in [1.807, 2.05) is 6.08 Å².